The average molecular weight is 248 g/mol. The number of carbonyl (C=O) groups excluding carboxylic acids is 1. The van der Waals surface area contributed by atoms with Crippen LogP contribution in [-0.4, -0.2) is 35.6 Å². The first kappa shape index (κ1) is 12.9. The fourth-order valence-corrected chi connectivity index (χ4v) is 2.27. The highest BCUT2D eigenvalue weighted by Gasteiger charge is 2.39. The summed E-state index contributed by atoms with van der Waals surface area (Å²) in [5.74, 6) is 0.355. The first-order chi connectivity index (χ1) is 8.45. The lowest BCUT2D eigenvalue weighted by Crippen LogP contribution is -2.56. The van der Waals surface area contributed by atoms with E-state index < -0.39 is 5.41 Å². The van der Waals surface area contributed by atoms with Crippen LogP contribution < -0.4 is 5.73 Å². The van der Waals surface area contributed by atoms with E-state index >= 15 is 0 Å². The third-order valence-electron chi connectivity index (χ3n) is 3.67. The normalized spacial score (nSPS) is 16.5. The number of aliphatic hydroxyl groups excluding tert-OH is 1. The summed E-state index contributed by atoms with van der Waals surface area (Å²) in [6.45, 7) is 5.33. The van der Waals surface area contributed by atoms with E-state index in [4.69, 9.17) is 10.8 Å². The molecule has 1 aromatic rings. The summed E-state index contributed by atoms with van der Waals surface area (Å²) >= 11 is 0. The number of anilines is 1. The molecule has 0 atom stereocenters. The summed E-state index contributed by atoms with van der Waals surface area (Å²) in [7, 11) is 0. The van der Waals surface area contributed by atoms with Gasteiger partial charge in [0.15, 0.2) is 0 Å². The lowest BCUT2D eigenvalue weighted by atomic mass is 9.81. The number of hydrogen-bond donors (Lipinski definition) is 2. The van der Waals surface area contributed by atoms with Crippen molar-refractivity contribution in [2.24, 2.45) is 5.92 Å². The number of nitrogen functional groups attached to an aromatic ring is 1. The molecule has 4 nitrogen and oxygen atoms in total. The Morgan fingerprint density at radius 2 is 1.94 bits per heavy atom. The predicted molar refractivity (Wildman–Crippen MR) is 71.0 cm³/mol. The molecule has 1 amide bonds. The summed E-state index contributed by atoms with van der Waals surface area (Å²) in [5.41, 5.74) is 6.78. The van der Waals surface area contributed by atoms with Gasteiger partial charge in [0, 0.05) is 31.3 Å². The second-order valence-electron chi connectivity index (χ2n) is 5.51. The van der Waals surface area contributed by atoms with E-state index in [-0.39, 0.29) is 18.4 Å². The van der Waals surface area contributed by atoms with Gasteiger partial charge >= 0.3 is 0 Å². The van der Waals surface area contributed by atoms with E-state index in [1.165, 1.54) is 0 Å². The number of hydrogen-bond acceptors (Lipinski definition) is 3. The van der Waals surface area contributed by atoms with Crippen molar-refractivity contribution >= 4 is 11.6 Å². The number of rotatable bonds is 3. The highest BCUT2D eigenvalue weighted by molar-refractivity contribution is 5.88. The molecule has 1 saturated heterocycles. The molecule has 0 aromatic heterocycles. The molecule has 3 N–H and O–H groups in total. The van der Waals surface area contributed by atoms with Gasteiger partial charge in [0.25, 0.3) is 0 Å². The van der Waals surface area contributed by atoms with Gasteiger partial charge in [-0.2, -0.15) is 0 Å². The molecule has 0 unspecified atom stereocenters. The molecule has 1 fully saturated rings. The molecule has 0 aliphatic carbocycles. The van der Waals surface area contributed by atoms with Crippen molar-refractivity contribution in [1.82, 2.24) is 4.90 Å². The molecule has 0 radical (unpaired) electrons. The van der Waals surface area contributed by atoms with Crippen LogP contribution in [0.2, 0.25) is 0 Å². The monoisotopic (exact) mass is 248 g/mol. The van der Waals surface area contributed by atoms with Crippen molar-refractivity contribution in [3.63, 3.8) is 0 Å². The molecule has 0 spiro atoms. The van der Waals surface area contributed by atoms with Crippen LogP contribution in [0.5, 0.6) is 0 Å². The van der Waals surface area contributed by atoms with Gasteiger partial charge in [-0.05, 0) is 31.5 Å². The Kier molecular flexibility index (Phi) is 3.30. The number of likely N-dealkylation sites (tertiary alicyclic amines) is 1. The van der Waals surface area contributed by atoms with Crippen LogP contribution in [0.15, 0.2) is 24.3 Å². The van der Waals surface area contributed by atoms with E-state index in [0.29, 0.717) is 18.8 Å². The maximum Gasteiger partial charge on any atom is 0.232 e. The largest absolute Gasteiger partial charge is 0.399 e. The predicted octanol–water partition coefficient (Wildman–Crippen LogP) is 0.997. The Bertz CT molecular complexity index is 434. The van der Waals surface area contributed by atoms with Gasteiger partial charge < -0.3 is 15.7 Å². The minimum Gasteiger partial charge on any atom is -0.399 e. The van der Waals surface area contributed by atoms with E-state index in [1.54, 1.807) is 4.90 Å². The lowest BCUT2D eigenvalue weighted by Gasteiger charge is -2.42. The summed E-state index contributed by atoms with van der Waals surface area (Å²) in [4.78, 5) is 14.2. The van der Waals surface area contributed by atoms with E-state index in [0.717, 1.165) is 5.56 Å². The number of nitrogens with two attached hydrogens (primary N) is 1. The van der Waals surface area contributed by atoms with Crippen LogP contribution in [-0.2, 0) is 10.2 Å². The maximum absolute atomic E-state index is 12.4. The maximum atomic E-state index is 12.4. The Labute approximate surface area is 107 Å². The minimum atomic E-state index is -0.547. The molecular formula is C14H20N2O2. The second kappa shape index (κ2) is 4.61. The summed E-state index contributed by atoms with van der Waals surface area (Å²) in [6, 6.07) is 7.43. The fourth-order valence-electron chi connectivity index (χ4n) is 2.27. The van der Waals surface area contributed by atoms with Gasteiger partial charge in [-0.1, -0.05) is 12.1 Å². The van der Waals surface area contributed by atoms with Crippen molar-refractivity contribution < 1.29 is 9.90 Å². The summed E-state index contributed by atoms with van der Waals surface area (Å²) < 4.78 is 0. The van der Waals surface area contributed by atoms with Crippen LogP contribution in [0.25, 0.3) is 0 Å². The molecule has 0 saturated carbocycles. The molecule has 4 heteroatoms. The highest BCUT2D eigenvalue weighted by atomic mass is 16.3. The Morgan fingerprint density at radius 3 is 2.44 bits per heavy atom. The Balaban J connectivity index is 2.11. The first-order valence-corrected chi connectivity index (χ1v) is 6.21. The van der Waals surface area contributed by atoms with E-state index in [2.05, 4.69) is 0 Å². The van der Waals surface area contributed by atoms with Gasteiger partial charge in [-0.3, -0.25) is 4.79 Å². The van der Waals surface area contributed by atoms with E-state index in [1.807, 2.05) is 38.1 Å². The Morgan fingerprint density at radius 1 is 1.39 bits per heavy atom. The molecule has 98 valence electrons. The second-order valence-corrected chi connectivity index (χ2v) is 5.51. The van der Waals surface area contributed by atoms with Gasteiger partial charge in [-0.25, -0.2) is 0 Å². The SMILES string of the molecule is CC(C)(C(=O)N1CC(CO)C1)c1ccc(N)cc1. The molecule has 1 aromatic carbocycles. The van der Waals surface area contributed by atoms with E-state index in [9.17, 15) is 4.79 Å². The van der Waals surface area contributed by atoms with Crippen LogP contribution in [0, 0.1) is 5.92 Å². The zero-order valence-electron chi connectivity index (χ0n) is 10.9. The first-order valence-electron chi connectivity index (χ1n) is 6.21. The summed E-state index contributed by atoms with van der Waals surface area (Å²) in [5, 5.41) is 8.98. The minimum absolute atomic E-state index is 0.108. The van der Waals surface area contributed by atoms with Gasteiger partial charge in [0.2, 0.25) is 5.91 Å². The van der Waals surface area contributed by atoms with Gasteiger partial charge in [0.1, 0.15) is 0 Å². The standard InChI is InChI=1S/C14H20N2O2/c1-14(2,11-3-5-12(15)6-4-11)13(18)16-7-10(8-16)9-17/h3-6,10,17H,7-9,15H2,1-2H3. The number of aliphatic hydroxyl groups is 1. The van der Waals surface area contributed by atoms with Crippen LogP contribution >= 0.6 is 0 Å². The number of benzene rings is 1. The average Bonchev–Trinajstić information content (AvgIpc) is 2.28. The van der Waals surface area contributed by atoms with Crippen LogP contribution in [0.1, 0.15) is 19.4 Å². The molecule has 0 bridgehead atoms. The smallest absolute Gasteiger partial charge is 0.232 e. The van der Waals surface area contributed by atoms with Crippen molar-refractivity contribution in [2.45, 2.75) is 19.3 Å². The molecule has 1 aliphatic rings. The molecule has 2 rings (SSSR count). The number of amides is 1. The number of carbonyl (C=O) groups is 1. The third kappa shape index (κ3) is 2.20. The number of nitrogens with zero attached hydrogens (tertiary/aromatic N) is 1. The molecule has 1 aliphatic heterocycles. The van der Waals surface area contributed by atoms with Gasteiger partial charge in [0.05, 0.1) is 5.41 Å². The zero-order valence-corrected chi connectivity index (χ0v) is 10.9. The van der Waals surface area contributed by atoms with Crippen LogP contribution in [0.4, 0.5) is 5.69 Å². The Hall–Kier alpha value is -1.55. The molecular weight excluding hydrogens is 228 g/mol. The highest BCUT2D eigenvalue weighted by Crippen LogP contribution is 2.29. The fraction of sp³-hybridized carbons (Fsp3) is 0.500. The third-order valence-corrected chi connectivity index (χ3v) is 3.67. The topological polar surface area (TPSA) is 66.6 Å². The van der Waals surface area contributed by atoms with Crippen molar-refractivity contribution in [3.8, 4) is 0 Å². The van der Waals surface area contributed by atoms with Crippen molar-refractivity contribution in [1.29, 1.82) is 0 Å². The summed E-state index contributed by atoms with van der Waals surface area (Å²) in [6.07, 6.45) is 0. The van der Waals surface area contributed by atoms with Crippen molar-refractivity contribution in [3.05, 3.63) is 29.8 Å². The molecule has 1 heterocycles. The lowest BCUT2D eigenvalue weighted by molar-refractivity contribution is -0.143. The zero-order chi connectivity index (χ0) is 13.3. The van der Waals surface area contributed by atoms with Gasteiger partial charge in [-0.15, -0.1) is 0 Å². The van der Waals surface area contributed by atoms with Crippen molar-refractivity contribution in [2.75, 3.05) is 25.4 Å². The quantitative estimate of drug-likeness (QED) is 0.784. The van der Waals surface area contributed by atoms with Crippen LogP contribution in [0.3, 0.4) is 0 Å². The molecule has 18 heavy (non-hydrogen) atoms.